The van der Waals surface area contributed by atoms with Gasteiger partial charge in [0, 0.05) is 50.5 Å². The number of pyridine rings is 1. The van der Waals surface area contributed by atoms with Crippen LogP contribution < -0.4 is 0 Å². The fourth-order valence-corrected chi connectivity index (χ4v) is 5.02. The van der Waals surface area contributed by atoms with E-state index in [0.29, 0.717) is 31.1 Å². The predicted octanol–water partition coefficient (Wildman–Crippen LogP) is 1.48. The smallest absolute Gasteiger partial charge is 0.157 e. The summed E-state index contributed by atoms with van der Waals surface area (Å²) in [5, 5.41) is 31.3. The lowest BCUT2D eigenvalue weighted by Crippen LogP contribution is -2.58. The number of tetrazole rings is 1. The third kappa shape index (κ3) is 4.66. The lowest BCUT2D eigenvalue weighted by atomic mass is 9.96. The highest BCUT2D eigenvalue weighted by Gasteiger charge is 2.35. The average Bonchev–Trinajstić information content (AvgIpc) is 3.39. The molecule has 0 bridgehead atoms. The van der Waals surface area contributed by atoms with Crippen molar-refractivity contribution in [2.45, 2.75) is 32.1 Å². The fourth-order valence-electron chi connectivity index (χ4n) is 5.02. The summed E-state index contributed by atoms with van der Waals surface area (Å²) in [5.74, 6) is 0.106. The number of aromatic nitrogens is 5. The number of nitriles is 1. The number of ether oxygens (including phenoxy) is 1. The number of aliphatic hydroxyl groups excluding tert-OH is 1. The number of hydrogen-bond donors (Lipinski definition) is 1. The highest BCUT2D eigenvalue weighted by Crippen LogP contribution is 2.31. The topological polar surface area (TPSA) is 116 Å². The molecule has 3 aromatic rings. The van der Waals surface area contributed by atoms with Crippen LogP contribution in [0.25, 0.3) is 5.82 Å². The Morgan fingerprint density at radius 2 is 2.14 bits per heavy atom. The highest BCUT2D eigenvalue weighted by atomic mass is 19.1. The molecule has 2 aliphatic heterocycles. The van der Waals surface area contributed by atoms with Crippen molar-refractivity contribution >= 4 is 0 Å². The van der Waals surface area contributed by atoms with Crippen LogP contribution in [0.15, 0.2) is 30.7 Å². The standard InChI is InChI=1S/C24H27FN8O2/c1-15-7-24(33-14-28-29-30-33)27-9-20(15)22(34)11-31-5-6-32-12-23(35-13-17(32)10-31)18-3-4-21(25)19(8-26)16(18)2/h3-4,7,9,14,17,22-23,34H,5-6,10-13H2,1-2H3/t17-,22?,23-/m0/s1. The van der Waals surface area contributed by atoms with Crippen LogP contribution in [0.1, 0.15) is 40.0 Å². The molecule has 0 amide bonds. The van der Waals surface area contributed by atoms with E-state index in [9.17, 15) is 14.8 Å². The van der Waals surface area contributed by atoms with Crippen molar-refractivity contribution in [2.75, 3.05) is 39.3 Å². The molecule has 1 unspecified atom stereocenters. The summed E-state index contributed by atoms with van der Waals surface area (Å²) >= 11 is 0. The Morgan fingerprint density at radius 1 is 1.29 bits per heavy atom. The quantitative estimate of drug-likeness (QED) is 0.582. The van der Waals surface area contributed by atoms with Crippen molar-refractivity contribution in [3.05, 3.63) is 64.4 Å². The molecule has 10 nitrogen and oxygen atoms in total. The van der Waals surface area contributed by atoms with Crippen LogP contribution in [0.3, 0.4) is 0 Å². The Hall–Kier alpha value is -3.30. The van der Waals surface area contributed by atoms with Crippen LogP contribution in [0.5, 0.6) is 0 Å². The Kier molecular flexibility index (Phi) is 6.53. The van der Waals surface area contributed by atoms with Gasteiger partial charge in [-0.1, -0.05) is 6.07 Å². The molecular weight excluding hydrogens is 451 g/mol. The number of fused-ring (bicyclic) bond motifs is 1. The van der Waals surface area contributed by atoms with Crippen molar-refractivity contribution in [3.8, 4) is 11.9 Å². The van der Waals surface area contributed by atoms with Gasteiger partial charge in [-0.25, -0.2) is 9.37 Å². The average molecular weight is 479 g/mol. The van der Waals surface area contributed by atoms with Gasteiger partial charge in [0.15, 0.2) is 5.82 Å². The molecule has 4 heterocycles. The second-order valence-electron chi connectivity index (χ2n) is 9.15. The van der Waals surface area contributed by atoms with Crippen molar-refractivity contribution in [3.63, 3.8) is 0 Å². The van der Waals surface area contributed by atoms with Crippen molar-refractivity contribution < 1.29 is 14.2 Å². The molecule has 5 rings (SSSR count). The number of aryl methyl sites for hydroxylation is 1. The lowest BCUT2D eigenvalue weighted by molar-refractivity contribution is -0.0939. The summed E-state index contributed by atoms with van der Waals surface area (Å²) in [5.41, 5.74) is 3.30. The molecule has 35 heavy (non-hydrogen) atoms. The maximum Gasteiger partial charge on any atom is 0.157 e. The molecule has 1 N–H and O–H groups in total. The first-order valence-electron chi connectivity index (χ1n) is 11.6. The van der Waals surface area contributed by atoms with Gasteiger partial charge in [-0.2, -0.15) is 9.94 Å². The van der Waals surface area contributed by atoms with Crippen molar-refractivity contribution in [1.29, 1.82) is 5.26 Å². The number of piperazine rings is 1. The number of hydrogen-bond acceptors (Lipinski definition) is 9. The zero-order chi connectivity index (χ0) is 24.5. The predicted molar refractivity (Wildman–Crippen MR) is 123 cm³/mol. The van der Waals surface area contributed by atoms with Gasteiger partial charge in [0.25, 0.3) is 0 Å². The van der Waals surface area contributed by atoms with E-state index >= 15 is 0 Å². The first kappa shape index (κ1) is 23.4. The molecule has 0 radical (unpaired) electrons. The number of aliphatic hydroxyl groups is 1. The summed E-state index contributed by atoms with van der Waals surface area (Å²) in [7, 11) is 0. The van der Waals surface area contributed by atoms with Gasteiger partial charge in [0.05, 0.1) is 24.4 Å². The zero-order valence-electron chi connectivity index (χ0n) is 19.7. The van der Waals surface area contributed by atoms with Gasteiger partial charge in [-0.15, -0.1) is 5.10 Å². The normalized spacial score (nSPS) is 21.9. The van der Waals surface area contributed by atoms with Gasteiger partial charge in [0.1, 0.15) is 18.2 Å². The lowest BCUT2D eigenvalue weighted by Gasteiger charge is -2.46. The van der Waals surface area contributed by atoms with E-state index in [1.54, 1.807) is 19.2 Å². The summed E-state index contributed by atoms with van der Waals surface area (Å²) in [6.07, 6.45) is 2.31. The third-order valence-corrected chi connectivity index (χ3v) is 7.00. The summed E-state index contributed by atoms with van der Waals surface area (Å²) < 4.78 is 21.6. The molecule has 2 fully saturated rings. The van der Waals surface area contributed by atoms with Gasteiger partial charge < -0.3 is 9.84 Å². The van der Waals surface area contributed by atoms with Gasteiger partial charge in [-0.3, -0.25) is 9.80 Å². The molecule has 1 aromatic carbocycles. The molecule has 2 saturated heterocycles. The van der Waals surface area contributed by atoms with E-state index in [2.05, 4.69) is 30.3 Å². The van der Waals surface area contributed by atoms with E-state index in [0.717, 1.165) is 36.3 Å². The van der Waals surface area contributed by atoms with Crippen LogP contribution in [0, 0.1) is 31.0 Å². The van der Waals surface area contributed by atoms with E-state index in [1.807, 2.05) is 19.1 Å². The molecule has 3 atom stereocenters. The fraction of sp³-hybridized carbons (Fsp3) is 0.458. The number of halogens is 1. The van der Waals surface area contributed by atoms with E-state index < -0.39 is 11.9 Å². The van der Waals surface area contributed by atoms with Crippen LogP contribution in [0.4, 0.5) is 4.39 Å². The third-order valence-electron chi connectivity index (χ3n) is 7.00. The molecule has 11 heteroatoms. The van der Waals surface area contributed by atoms with E-state index in [1.165, 1.54) is 17.1 Å². The number of nitrogens with zero attached hydrogens (tertiary/aromatic N) is 8. The molecule has 0 aliphatic carbocycles. The second-order valence-corrected chi connectivity index (χ2v) is 9.15. The molecule has 2 aromatic heterocycles. The van der Waals surface area contributed by atoms with E-state index in [-0.39, 0.29) is 17.7 Å². The summed E-state index contributed by atoms with van der Waals surface area (Å²) in [6.45, 7) is 7.90. The van der Waals surface area contributed by atoms with E-state index in [4.69, 9.17) is 4.74 Å². The van der Waals surface area contributed by atoms with Gasteiger partial charge in [-0.05, 0) is 53.1 Å². The number of β-amino-alcohol motifs (C(OH)–C–C–N with tert-alkyl or cyclic N) is 1. The molecule has 0 saturated carbocycles. The molecule has 0 spiro atoms. The Morgan fingerprint density at radius 3 is 2.89 bits per heavy atom. The van der Waals surface area contributed by atoms with Crippen LogP contribution in [-0.4, -0.2) is 85.5 Å². The maximum absolute atomic E-state index is 13.9. The zero-order valence-corrected chi connectivity index (χ0v) is 19.7. The van der Waals surface area contributed by atoms with Gasteiger partial charge in [0.2, 0.25) is 0 Å². The Bertz CT molecular complexity index is 1250. The van der Waals surface area contributed by atoms with Gasteiger partial charge >= 0.3 is 0 Å². The molecular formula is C24H27FN8O2. The minimum absolute atomic E-state index is 0.0859. The number of rotatable bonds is 5. The first-order chi connectivity index (χ1) is 16.9. The largest absolute Gasteiger partial charge is 0.387 e. The maximum atomic E-state index is 13.9. The summed E-state index contributed by atoms with van der Waals surface area (Å²) in [6, 6.07) is 7.11. The highest BCUT2D eigenvalue weighted by molar-refractivity contribution is 5.44. The monoisotopic (exact) mass is 478 g/mol. The number of benzene rings is 1. The minimum atomic E-state index is -0.666. The Labute approximate surface area is 202 Å². The first-order valence-corrected chi connectivity index (χ1v) is 11.6. The van der Waals surface area contributed by atoms with Crippen LogP contribution >= 0.6 is 0 Å². The molecule has 2 aliphatic rings. The molecule has 182 valence electrons. The van der Waals surface area contributed by atoms with Crippen LogP contribution in [-0.2, 0) is 4.74 Å². The van der Waals surface area contributed by atoms with Crippen molar-refractivity contribution in [2.24, 2.45) is 0 Å². The minimum Gasteiger partial charge on any atom is -0.387 e. The summed E-state index contributed by atoms with van der Waals surface area (Å²) in [4.78, 5) is 9.03. The number of morpholine rings is 1. The Balaban J connectivity index is 1.20. The SMILES string of the molecule is Cc1cc(-n2cnnn2)ncc1C(O)CN1CCN2C[C@@H](c3ccc(F)c(C#N)c3C)OC[C@@H]2C1. The second kappa shape index (κ2) is 9.75. The van der Waals surface area contributed by atoms with Crippen LogP contribution in [0.2, 0.25) is 0 Å². The van der Waals surface area contributed by atoms with Crippen molar-refractivity contribution in [1.82, 2.24) is 35.0 Å².